The van der Waals surface area contributed by atoms with Gasteiger partial charge < -0.3 is 4.74 Å². The summed E-state index contributed by atoms with van der Waals surface area (Å²) in [7, 11) is 0. The maximum atomic E-state index is 12.6. The zero-order valence-electron chi connectivity index (χ0n) is 11.0. The summed E-state index contributed by atoms with van der Waals surface area (Å²) in [5, 5.41) is 0. The van der Waals surface area contributed by atoms with Gasteiger partial charge in [0, 0.05) is 36.5 Å². The molecule has 0 atom stereocenters. The molecule has 0 unspecified atom stereocenters. The smallest absolute Gasteiger partial charge is 0.168 e. The van der Waals surface area contributed by atoms with E-state index in [1.165, 1.54) is 5.56 Å². The van der Waals surface area contributed by atoms with Gasteiger partial charge in [-0.2, -0.15) is 0 Å². The summed E-state index contributed by atoms with van der Waals surface area (Å²) >= 11 is 9.13. The maximum Gasteiger partial charge on any atom is 0.168 e. The van der Waals surface area contributed by atoms with Crippen LogP contribution in [0.2, 0.25) is 0 Å². The van der Waals surface area contributed by atoms with Gasteiger partial charge in [0.15, 0.2) is 5.78 Å². The molecule has 1 heterocycles. The van der Waals surface area contributed by atoms with Crippen LogP contribution in [0.25, 0.3) is 0 Å². The zero-order chi connectivity index (χ0) is 15.0. The van der Waals surface area contributed by atoms with Crippen LogP contribution in [0.5, 0.6) is 5.75 Å². The Hall–Kier alpha value is -0.400. The molecule has 0 saturated carbocycles. The molecule has 0 N–H and O–H groups in total. The monoisotopic (exact) mass is 520 g/mol. The molecule has 5 heteroatoms. The standard InChI is InChI=1S/C16H11Br2IO2/c17-11-1-2-14(19)13(8-11)15(20)7-10-6-12(18)5-9-3-4-21-16(9)10/h1-2,5-6,8H,3-4,7H2. The number of fused-ring (bicyclic) bond motifs is 1. The molecule has 2 aromatic rings. The Morgan fingerprint density at radius 3 is 2.81 bits per heavy atom. The van der Waals surface area contributed by atoms with Crippen LogP contribution in [0.4, 0.5) is 0 Å². The molecule has 0 fully saturated rings. The molecule has 0 radical (unpaired) electrons. The number of hydrogen-bond acceptors (Lipinski definition) is 2. The third-order valence-electron chi connectivity index (χ3n) is 3.41. The Balaban J connectivity index is 1.94. The first-order chi connectivity index (χ1) is 10.0. The second kappa shape index (κ2) is 6.38. The zero-order valence-corrected chi connectivity index (χ0v) is 16.3. The number of rotatable bonds is 3. The summed E-state index contributed by atoms with van der Waals surface area (Å²) in [4.78, 5) is 12.6. The predicted octanol–water partition coefficient (Wildman–Crippen LogP) is 5.18. The van der Waals surface area contributed by atoms with Crippen LogP contribution in [0, 0.1) is 3.57 Å². The average molecular weight is 522 g/mol. The fourth-order valence-corrected chi connectivity index (χ4v) is 4.01. The van der Waals surface area contributed by atoms with Gasteiger partial charge >= 0.3 is 0 Å². The lowest BCUT2D eigenvalue weighted by atomic mass is 10.00. The number of carbonyl (C=O) groups excluding carboxylic acids is 1. The Bertz CT molecular complexity index is 728. The molecule has 0 saturated heterocycles. The van der Waals surface area contributed by atoms with Crippen LogP contribution in [-0.4, -0.2) is 12.4 Å². The number of benzene rings is 2. The molecule has 0 aliphatic carbocycles. The second-order valence-corrected chi connectivity index (χ2v) is 7.87. The minimum absolute atomic E-state index is 0.108. The minimum atomic E-state index is 0.108. The van der Waals surface area contributed by atoms with E-state index in [1.807, 2.05) is 24.3 Å². The topological polar surface area (TPSA) is 26.3 Å². The highest BCUT2D eigenvalue weighted by Gasteiger charge is 2.20. The number of carbonyl (C=O) groups is 1. The quantitative estimate of drug-likeness (QED) is 0.411. The van der Waals surface area contributed by atoms with Crippen molar-refractivity contribution in [2.75, 3.05) is 6.61 Å². The van der Waals surface area contributed by atoms with Gasteiger partial charge in [0.1, 0.15) is 5.75 Å². The van der Waals surface area contributed by atoms with Crippen molar-refractivity contribution in [3.63, 3.8) is 0 Å². The van der Waals surface area contributed by atoms with Crippen molar-refractivity contribution < 1.29 is 9.53 Å². The van der Waals surface area contributed by atoms with Gasteiger partial charge in [-0.3, -0.25) is 4.79 Å². The van der Waals surface area contributed by atoms with E-state index in [0.29, 0.717) is 13.0 Å². The SMILES string of the molecule is O=C(Cc1cc(Br)cc2c1OCC2)c1cc(Br)ccc1I. The number of hydrogen-bond donors (Lipinski definition) is 0. The molecule has 3 rings (SSSR count). The molecule has 21 heavy (non-hydrogen) atoms. The van der Waals surface area contributed by atoms with Gasteiger partial charge in [-0.05, 0) is 58.5 Å². The van der Waals surface area contributed by atoms with E-state index in [1.54, 1.807) is 0 Å². The largest absolute Gasteiger partial charge is 0.493 e. The molecular weight excluding hydrogens is 511 g/mol. The highest BCUT2D eigenvalue weighted by Crippen LogP contribution is 2.34. The van der Waals surface area contributed by atoms with Crippen molar-refractivity contribution >= 4 is 60.2 Å². The van der Waals surface area contributed by atoms with Crippen molar-refractivity contribution in [1.29, 1.82) is 0 Å². The molecule has 108 valence electrons. The maximum absolute atomic E-state index is 12.6. The Labute approximate surface area is 153 Å². The van der Waals surface area contributed by atoms with Gasteiger partial charge in [-0.1, -0.05) is 31.9 Å². The number of Topliss-reactive ketones (excluding diaryl/α,β-unsaturated/α-hetero) is 1. The summed E-state index contributed by atoms with van der Waals surface area (Å²) in [6, 6.07) is 9.81. The van der Waals surface area contributed by atoms with Crippen LogP contribution < -0.4 is 4.74 Å². The Morgan fingerprint density at radius 2 is 2.00 bits per heavy atom. The highest BCUT2D eigenvalue weighted by molar-refractivity contribution is 14.1. The lowest BCUT2D eigenvalue weighted by Crippen LogP contribution is -2.07. The highest BCUT2D eigenvalue weighted by atomic mass is 127. The molecule has 0 bridgehead atoms. The molecule has 1 aliphatic rings. The number of ketones is 1. The van der Waals surface area contributed by atoms with Gasteiger partial charge in [-0.15, -0.1) is 0 Å². The van der Waals surface area contributed by atoms with Gasteiger partial charge in [0.2, 0.25) is 0 Å². The molecular formula is C16H11Br2IO2. The third-order valence-corrected chi connectivity index (χ3v) is 5.30. The molecule has 2 nitrogen and oxygen atoms in total. The Morgan fingerprint density at radius 1 is 1.19 bits per heavy atom. The van der Waals surface area contributed by atoms with E-state index < -0.39 is 0 Å². The van der Waals surface area contributed by atoms with Crippen LogP contribution in [0.15, 0.2) is 39.3 Å². The molecule has 2 aromatic carbocycles. The van der Waals surface area contributed by atoms with E-state index in [0.717, 1.165) is 35.8 Å². The van der Waals surface area contributed by atoms with Crippen molar-refractivity contribution in [2.24, 2.45) is 0 Å². The first kappa shape index (κ1) is 15.5. The first-order valence-corrected chi connectivity index (χ1v) is 9.13. The van der Waals surface area contributed by atoms with E-state index in [9.17, 15) is 4.79 Å². The van der Waals surface area contributed by atoms with E-state index in [4.69, 9.17) is 4.74 Å². The summed E-state index contributed by atoms with van der Waals surface area (Å²) in [6.07, 6.45) is 1.26. The van der Waals surface area contributed by atoms with Crippen LogP contribution in [0.1, 0.15) is 21.5 Å². The van der Waals surface area contributed by atoms with Gasteiger partial charge in [0.25, 0.3) is 0 Å². The summed E-state index contributed by atoms with van der Waals surface area (Å²) in [5.74, 6) is 0.994. The average Bonchev–Trinajstić information content (AvgIpc) is 2.89. The lowest BCUT2D eigenvalue weighted by Gasteiger charge is -2.10. The number of halogens is 3. The molecule has 0 aromatic heterocycles. The third kappa shape index (κ3) is 3.35. The van der Waals surface area contributed by atoms with Crippen molar-refractivity contribution in [1.82, 2.24) is 0 Å². The van der Waals surface area contributed by atoms with Gasteiger partial charge in [-0.25, -0.2) is 0 Å². The van der Waals surface area contributed by atoms with E-state index in [2.05, 4.69) is 60.5 Å². The fraction of sp³-hybridized carbons (Fsp3) is 0.188. The second-order valence-electron chi connectivity index (χ2n) is 4.88. The number of ether oxygens (including phenoxy) is 1. The predicted molar refractivity (Wildman–Crippen MR) is 98.2 cm³/mol. The van der Waals surface area contributed by atoms with Crippen LogP contribution in [0.3, 0.4) is 0 Å². The molecule has 0 spiro atoms. The minimum Gasteiger partial charge on any atom is -0.493 e. The summed E-state index contributed by atoms with van der Waals surface area (Å²) in [6.45, 7) is 0.696. The summed E-state index contributed by atoms with van der Waals surface area (Å²) in [5.41, 5.74) is 2.88. The molecule has 1 aliphatic heterocycles. The normalized spacial score (nSPS) is 12.9. The molecule has 0 amide bonds. The fourth-order valence-electron chi connectivity index (χ4n) is 2.46. The van der Waals surface area contributed by atoms with Crippen LogP contribution in [-0.2, 0) is 12.8 Å². The lowest BCUT2D eigenvalue weighted by molar-refractivity contribution is 0.0991. The van der Waals surface area contributed by atoms with E-state index in [-0.39, 0.29) is 5.78 Å². The Kier molecular flexibility index (Phi) is 4.71. The first-order valence-electron chi connectivity index (χ1n) is 6.47. The van der Waals surface area contributed by atoms with E-state index >= 15 is 0 Å². The van der Waals surface area contributed by atoms with Gasteiger partial charge in [0.05, 0.1) is 6.61 Å². The van der Waals surface area contributed by atoms with Crippen molar-refractivity contribution in [2.45, 2.75) is 12.8 Å². The summed E-state index contributed by atoms with van der Waals surface area (Å²) < 4.78 is 8.57. The van der Waals surface area contributed by atoms with Crippen LogP contribution >= 0.6 is 54.5 Å². The van der Waals surface area contributed by atoms with Crippen molar-refractivity contribution in [3.05, 3.63) is 59.5 Å². The van der Waals surface area contributed by atoms with Crippen molar-refractivity contribution in [3.8, 4) is 5.75 Å².